The van der Waals surface area contributed by atoms with E-state index in [-0.39, 0.29) is 30.9 Å². The SMILES string of the molecule is Cc1ccccc1OCCC(=O)N[C@H](CO)C(C)C. The zero-order valence-corrected chi connectivity index (χ0v) is 11.8. The number of hydrogen-bond donors (Lipinski definition) is 2. The van der Waals surface area contributed by atoms with Crippen LogP contribution in [0.15, 0.2) is 24.3 Å². The van der Waals surface area contributed by atoms with Crippen molar-refractivity contribution in [2.75, 3.05) is 13.2 Å². The molecule has 2 N–H and O–H groups in total. The molecule has 0 heterocycles. The number of aliphatic hydroxyl groups is 1. The van der Waals surface area contributed by atoms with Crippen molar-refractivity contribution in [2.45, 2.75) is 33.2 Å². The molecule has 1 rings (SSSR count). The lowest BCUT2D eigenvalue weighted by atomic mass is 10.1. The second-order valence-electron chi connectivity index (χ2n) is 4.96. The van der Waals surface area contributed by atoms with Crippen molar-refractivity contribution < 1.29 is 14.6 Å². The van der Waals surface area contributed by atoms with E-state index in [2.05, 4.69) is 5.32 Å². The number of carbonyl (C=O) groups excluding carboxylic acids is 1. The molecule has 1 aromatic rings. The van der Waals surface area contributed by atoms with Crippen molar-refractivity contribution in [2.24, 2.45) is 5.92 Å². The van der Waals surface area contributed by atoms with E-state index in [1.165, 1.54) is 0 Å². The van der Waals surface area contributed by atoms with Crippen LogP contribution >= 0.6 is 0 Å². The molecule has 0 bridgehead atoms. The molecule has 1 amide bonds. The summed E-state index contributed by atoms with van der Waals surface area (Å²) in [7, 11) is 0. The fourth-order valence-corrected chi connectivity index (χ4v) is 1.67. The van der Waals surface area contributed by atoms with Crippen LogP contribution in [0.2, 0.25) is 0 Å². The molecule has 0 aliphatic heterocycles. The van der Waals surface area contributed by atoms with Gasteiger partial charge in [0.1, 0.15) is 5.75 Å². The number of nitrogens with one attached hydrogen (secondary N) is 1. The van der Waals surface area contributed by atoms with E-state index in [9.17, 15) is 4.79 Å². The highest BCUT2D eigenvalue weighted by Gasteiger charge is 2.14. The largest absolute Gasteiger partial charge is 0.493 e. The Balaban J connectivity index is 2.33. The molecule has 0 saturated heterocycles. The van der Waals surface area contributed by atoms with Gasteiger partial charge in [-0.1, -0.05) is 32.0 Å². The standard InChI is InChI=1S/C15H23NO3/c1-11(2)13(10-17)16-15(18)8-9-19-14-7-5-4-6-12(14)3/h4-7,11,13,17H,8-10H2,1-3H3,(H,16,18)/t13-/m1/s1. The van der Waals surface area contributed by atoms with Crippen molar-refractivity contribution in [3.05, 3.63) is 29.8 Å². The van der Waals surface area contributed by atoms with Crippen LogP contribution in [0.25, 0.3) is 0 Å². The van der Waals surface area contributed by atoms with Crippen LogP contribution < -0.4 is 10.1 Å². The molecule has 0 radical (unpaired) electrons. The van der Waals surface area contributed by atoms with E-state index >= 15 is 0 Å². The van der Waals surface area contributed by atoms with Crippen LogP contribution in [0, 0.1) is 12.8 Å². The van der Waals surface area contributed by atoms with E-state index in [4.69, 9.17) is 9.84 Å². The monoisotopic (exact) mass is 265 g/mol. The highest BCUT2D eigenvalue weighted by Crippen LogP contribution is 2.16. The Labute approximate surface area is 114 Å². The summed E-state index contributed by atoms with van der Waals surface area (Å²) in [6, 6.07) is 7.52. The Bertz CT molecular complexity index is 404. The van der Waals surface area contributed by atoms with E-state index in [0.717, 1.165) is 11.3 Å². The topological polar surface area (TPSA) is 58.6 Å². The van der Waals surface area contributed by atoms with Gasteiger partial charge < -0.3 is 15.2 Å². The molecular formula is C15H23NO3. The van der Waals surface area contributed by atoms with Gasteiger partial charge in [0.2, 0.25) is 5.91 Å². The van der Waals surface area contributed by atoms with Crippen molar-refractivity contribution in [1.82, 2.24) is 5.32 Å². The molecule has 106 valence electrons. The number of ether oxygens (including phenoxy) is 1. The number of carbonyl (C=O) groups is 1. The first-order valence-corrected chi connectivity index (χ1v) is 6.63. The van der Waals surface area contributed by atoms with Gasteiger partial charge in [-0.2, -0.15) is 0 Å². The average molecular weight is 265 g/mol. The first kappa shape index (κ1) is 15.5. The molecular weight excluding hydrogens is 242 g/mol. The fraction of sp³-hybridized carbons (Fsp3) is 0.533. The lowest BCUT2D eigenvalue weighted by Crippen LogP contribution is -2.41. The van der Waals surface area contributed by atoms with Gasteiger partial charge in [-0.25, -0.2) is 0 Å². The summed E-state index contributed by atoms with van der Waals surface area (Å²) in [5.74, 6) is 0.922. The fourth-order valence-electron chi connectivity index (χ4n) is 1.67. The molecule has 1 aromatic carbocycles. The molecule has 1 atom stereocenters. The highest BCUT2D eigenvalue weighted by atomic mass is 16.5. The zero-order chi connectivity index (χ0) is 14.3. The summed E-state index contributed by atoms with van der Waals surface area (Å²) in [6.07, 6.45) is 0.289. The number of rotatable bonds is 7. The predicted octanol–water partition coefficient (Wildman–Crippen LogP) is 1.90. The van der Waals surface area contributed by atoms with Gasteiger partial charge in [-0.15, -0.1) is 0 Å². The van der Waals surface area contributed by atoms with Gasteiger partial charge >= 0.3 is 0 Å². The van der Waals surface area contributed by atoms with Crippen molar-refractivity contribution in [3.63, 3.8) is 0 Å². The summed E-state index contributed by atoms with van der Waals surface area (Å²) in [5.41, 5.74) is 1.05. The second-order valence-corrected chi connectivity index (χ2v) is 4.96. The third kappa shape index (κ3) is 5.30. The minimum absolute atomic E-state index is 0.0396. The maximum atomic E-state index is 11.7. The van der Waals surface area contributed by atoms with E-state index in [0.29, 0.717) is 6.61 Å². The Hall–Kier alpha value is -1.55. The minimum Gasteiger partial charge on any atom is -0.493 e. The summed E-state index contributed by atoms with van der Waals surface area (Å²) in [5, 5.41) is 11.9. The lowest BCUT2D eigenvalue weighted by Gasteiger charge is -2.19. The van der Waals surface area contributed by atoms with Crippen LogP contribution in [0.5, 0.6) is 5.75 Å². The molecule has 0 aliphatic rings. The van der Waals surface area contributed by atoms with Crippen molar-refractivity contribution in [3.8, 4) is 5.75 Å². The number of benzene rings is 1. The molecule has 4 nitrogen and oxygen atoms in total. The van der Waals surface area contributed by atoms with E-state index in [1.807, 2.05) is 45.0 Å². The first-order chi connectivity index (χ1) is 9.04. The van der Waals surface area contributed by atoms with Crippen LogP contribution in [0.4, 0.5) is 0 Å². The second kappa shape index (κ2) is 7.79. The number of aliphatic hydroxyl groups excluding tert-OH is 1. The zero-order valence-electron chi connectivity index (χ0n) is 11.8. The summed E-state index contributed by atoms with van der Waals surface area (Å²) in [6.45, 7) is 6.20. The first-order valence-electron chi connectivity index (χ1n) is 6.63. The maximum absolute atomic E-state index is 11.7. The number of hydrogen-bond acceptors (Lipinski definition) is 3. The van der Waals surface area contributed by atoms with Gasteiger partial charge in [0, 0.05) is 0 Å². The molecule has 0 aromatic heterocycles. The third-order valence-corrected chi connectivity index (χ3v) is 3.03. The van der Waals surface area contributed by atoms with Crippen LogP contribution in [-0.4, -0.2) is 30.3 Å². The molecule has 0 fully saturated rings. The van der Waals surface area contributed by atoms with E-state index in [1.54, 1.807) is 0 Å². The van der Waals surface area contributed by atoms with Gasteiger partial charge in [0.05, 0.1) is 25.7 Å². The third-order valence-electron chi connectivity index (χ3n) is 3.03. The Morgan fingerprint density at radius 2 is 2.05 bits per heavy atom. The highest BCUT2D eigenvalue weighted by molar-refractivity contribution is 5.76. The average Bonchev–Trinajstić information content (AvgIpc) is 2.38. The predicted molar refractivity (Wildman–Crippen MR) is 75.1 cm³/mol. The van der Waals surface area contributed by atoms with Gasteiger partial charge in [-0.3, -0.25) is 4.79 Å². The van der Waals surface area contributed by atoms with Gasteiger partial charge in [-0.05, 0) is 24.5 Å². The number of para-hydroxylation sites is 1. The maximum Gasteiger partial charge on any atom is 0.223 e. The molecule has 19 heavy (non-hydrogen) atoms. The smallest absolute Gasteiger partial charge is 0.223 e. The van der Waals surface area contributed by atoms with Crippen LogP contribution in [0.3, 0.4) is 0 Å². The van der Waals surface area contributed by atoms with Crippen molar-refractivity contribution >= 4 is 5.91 Å². The van der Waals surface area contributed by atoms with Crippen LogP contribution in [0.1, 0.15) is 25.8 Å². The molecule has 0 spiro atoms. The molecule has 4 heteroatoms. The molecule has 0 saturated carbocycles. The summed E-state index contributed by atoms with van der Waals surface area (Å²) < 4.78 is 5.56. The Kier molecular flexibility index (Phi) is 6.36. The number of aryl methyl sites for hydroxylation is 1. The molecule has 0 aliphatic carbocycles. The van der Waals surface area contributed by atoms with Crippen molar-refractivity contribution in [1.29, 1.82) is 0 Å². The minimum atomic E-state index is -0.189. The number of amides is 1. The lowest BCUT2D eigenvalue weighted by molar-refractivity contribution is -0.122. The normalized spacial score (nSPS) is 12.3. The summed E-state index contributed by atoms with van der Waals surface area (Å²) in [4.78, 5) is 11.7. The quantitative estimate of drug-likeness (QED) is 0.791. The summed E-state index contributed by atoms with van der Waals surface area (Å²) >= 11 is 0. The van der Waals surface area contributed by atoms with E-state index < -0.39 is 0 Å². The van der Waals surface area contributed by atoms with Gasteiger partial charge in [0.25, 0.3) is 0 Å². The van der Waals surface area contributed by atoms with Gasteiger partial charge in [0.15, 0.2) is 0 Å². The Morgan fingerprint density at radius 1 is 1.37 bits per heavy atom. The Morgan fingerprint density at radius 3 is 2.63 bits per heavy atom. The van der Waals surface area contributed by atoms with Crippen LogP contribution in [-0.2, 0) is 4.79 Å². The molecule has 0 unspecified atom stereocenters.